The number of carboxylic acid groups (broad SMARTS) is 1. The summed E-state index contributed by atoms with van der Waals surface area (Å²) in [7, 11) is 0. The zero-order valence-corrected chi connectivity index (χ0v) is 9.58. The van der Waals surface area contributed by atoms with Crippen LogP contribution in [0.25, 0.3) is 0 Å². The van der Waals surface area contributed by atoms with Gasteiger partial charge in [-0.2, -0.15) is 0 Å². The molecule has 4 nitrogen and oxygen atoms in total. The van der Waals surface area contributed by atoms with Gasteiger partial charge in [-0.1, -0.05) is 36.4 Å². The van der Waals surface area contributed by atoms with Crippen molar-refractivity contribution in [3.63, 3.8) is 0 Å². The molecule has 0 fully saturated rings. The Bertz CT molecular complexity index is 540. The van der Waals surface area contributed by atoms with E-state index >= 15 is 0 Å². The minimum absolute atomic E-state index is 0.0946. The van der Waals surface area contributed by atoms with Crippen LogP contribution in [-0.4, -0.2) is 16.2 Å². The number of rotatable bonds is 4. The molecule has 3 N–H and O–H groups in total. The van der Waals surface area contributed by atoms with E-state index < -0.39 is 12.0 Å². The molecule has 0 aliphatic rings. The molecule has 0 spiro atoms. The fourth-order valence-corrected chi connectivity index (χ4v) is 1.70. The van der Waals surface area contributed by atoms with Gasteiger partial charge in [0.05, 0.1) is 0 Å². The van der Waals surface area contributed by atoms with Crippen molar-refractivity contribution >= 4 is 11.7 Å². The van der Waals surface area contributed by atoms with E-state index in [0.717, 1.165) is 0 Å². The van der Waals surface area contributed by atoms with E-state index in [4.69, 9.17) is 0 Å². The first-order valence-electron chi connectivity index (χ1n) is 5.50. The van der Waals surface area contributed by atoms with Gasteiger partial charge in [-0.15, -0.1) is 0 Å². The summed E-state index contributed by atoms with van der Waals surface area (Å²) in [5.74, 6) is -0.873. The highest BCUT2D eigenvalue weighted by Crippen LogP contribution is 2.22. The fourth-order valence-electron chi connectivity index (χ4n) is 1.70. The van der Waals surface area contributed by atoms with Crippen LogP contribution < -0.4 is 5.32 Å². The summed E-state index contributed by atoms with van der Waals surface area (Å²) < 4.78 is 0. The molecule has 1 atom stereocenters. The van der Waals surface area contributed by atoms with Crippen LogP contribution >= 0.6 is 0 Å². The van der Waals surface area contributed by atoms with Gasteiger partial charge in [0, 0.05) is 11.8 Å². The topological polar surface area (TPSA) is 69.6 Å². The molecule has 0 amide bonds. The molecule has 92 valence electrons. The van der Waals surface area contributed by atoms with Crippen molar-refractivity contribution in [2.45, 2.75) is 6.04 Å². The lowest BCUT2D eigenvalue weighted by Gasteiger charge is -2.16. The lowest BCUT2D eigenvalue weighted by molar-refractivity contribution is -0.138. The largest absolute Gasteiger partial charge is 0.508 e. The van der Waals surface area contributed by atoms with Crippen molar-refractivity contribution in [1.29, 1.82) is 0 Å². The number of anilines is 1. The second kappa shape index (κ2) is 5.23. The van der Waals surface area contributed by atoms with Crippen LogP contribution in [0.5, 0.6) is 5.75 Å². The van der Waals surface area contributed by atoms with Crippen molar-refractivity contribution in [3.8, 4) is 5.75 Å². The second-order valence-electron chi connectivity index (χ2n) is 3.88. The molecule has 0 heterocycles. The molecule has 2 aromatic carbocycles. The molecule has 4 heteroatoms. The molecule has 0 saturated carbocycles. The highest BCUT2D eigenvalue weighted by molar-refractivity contribution is 5.79. The number of carbonyl (C=O) groups is 1. The number of phenols is 1. The van der Waals surface area contributed by atoms with Gasteiger partial charge in [-0.25, -0.2) is 4.79 Å². The third-order valence-electron chi connectivity index (χ3n) is 2.54. The summed E-state index contributed by atoms with van der Waals surface area (Å²) in [4.78, 5) is 11.3. The van der Waals surface area contributed by atoms with Crippen LogP contribution in [0.2, 0.25) is 0 Å². The Morgan fingerprint density at radius 2 is 1.78 bits per heavy atom. The van der Waals surface area contributed by atoms with E-state index in [-0.39, 0.29) is 5.75 Å². The van der Waals surface area contributed by atoms with E-state index in [9.17, 15) is 15.0 Å². The number of aliphatic carboxylic acids is 1. The Hall–Kier alpha value is -2.49. The molecule has 0 bridgehead atoms. The average Bonchev–Trinajstić information content (AvgIpc) is 2.37. The Morgan fingerprint density at radius 3 is 2.39 bits per heavy atom. The summed E-state index contributed by atoms with van der Waals surface area (Å²) in [6.07, 6.45) is 0. The Morgan fingerprint density at radius 1 is 1.06 bits per heavy atom. The summed E-state index contributed by atoms with van der Waals surface area (Å²) in [6, 6.07) is 14.4. The summed E-state index contributed by atoms with van der Waals surface area (Å²) in [6.45, 7) is 0. The second-order valence-corrected chi connectivity index (χ2v) is 3.88. The third-order valence-corrected chi connectivity index (χ3v) is 2.54. The number of benzene rings is 2. The van der Waals surface area contributed by atoms with Crippen molar-refractivity contribution in [3.05, 3.63) is 60.2 Å². The summed E-state index contributed by atoms with van der Waals surface area (Å²) in [5.41, 5.74) is 1.22. The van der Waals surface area contributed by atoms with Crippen LogP contribution in [-0.2, 0) is 4.79 Å². The van der Waals surface area contributed by atoms with Gasteiger partial charge in [0.25, 0.3) is 0 Å². The first-order valence-corrected chi connectivity index (χ1v) is 5.50. The molecular formula is C14H13NO3. The lowest BCUT2D eigenvalue weighted by atomic mass is 10.1. The number of carboxylic acids is 1. The molecule has 18 heavy (non-hydrogen) atoms. The van der Waals surface area contributed by atoms with Gasteiger partial charge in [0.1, 0.15) is 5.75 Å². The van der Waals surface area contributed by atoms with E-state index in [1.807, 2.05) is 6.07 Å². The maximum Gasteiger partial charge on any atom is 0.330 e. The Balaban J connectivity index is 2.25. The lowest BCUT2D eigenvalue weighted by Crippen LogP contribution is -2.20. The highest BCUT2D eigenvalue weighted by Gasteiger charge is 2.19. The first kappa shape index (κ1) is 12.0. The SMILES string of the molecule is O=C(O)C(Nc1cccc(O)c1)c1ccccc1. The first-order chi connectivity index (χ1) is 8.66. The van der Waals surface area contributed by atoms with Gasteiger partial charge in [0.15, 0.2) is 6.04 Å². The number of aromatic hydroxyl groups is 1. The monoisotopic (exact) mass is 243 g/mol. The maximum absolute atomic E-state index is 11.3. The predicted octanol–water partition coefficient (Wildman–Crippen LogP) is 2.63. The third kappa shape index (κ3) is 2.79. The van der Waals surface area contributed by atoms with E-state index in [2.05, 4.69) is 5.32 Å². The molecule has 0 aromatic heterocycles. The van der Waals surface area contributed by atoms with Gasteiger partial charge in [-0.05, 0) is 17.7 Å². The molecule has 2 rings (SSSR count). The van der Waals surface area contributed by atoms with Crippen LogP contribution in [0, 0.1) is 0 Å². The van der Waals surface area contributed by atoms with Gasteiger partial charge < -0.3 is 15.5 Å². The van der Waals surface area contributed by atoms with Crippen molar-refractivity contribution in [2.24, 2.45) is 0 Å². The quantitative estimate of drug-likeness (QED) is 0.772. The van der Waals surface area contributed by atoms with Crippen molar-refractivity contribution in [1.82, 2.24) is 0 Å². The molecule has 2 aromatic rings. The van der Waals surface area contributed by atoms with Gasteiger partial charge in [0.2, 0.25) is 0 Å². The van der Waals surface area contributed by atoms with E-state index in [1.54, 1.807) is 36.4 Å². The molecule has 0 aliphatic heterocycles. The fraction of sp³-hybridized carbons (Fsp3) is 0.0714. The zero-order valence-electron chi connectivity index (χ0n) is 9.58. The summed E-state index contributed by atoms with van der Waals surface area (Å²) in [5, 5.41) is 21.5. The van der Waals surface area contributed by atoms with Gasteiger partial charge in [-0.3, -0.25) is 0 Å². The molecule has 0 radical (unpaired) electrons. The molecule has 1 unspecified atom stereocenters. The van der Waals surface area contributed by atoms with Crippen molar-refractivity contribution in [2.75, 3.05) is 5.32 Å². The molecule has 0 aliphatic carbocycles. The Labute approximate surface area is 105 Å². The maximum atomic E-state index is 11.3. The standard InChI is InChI=1S/C14H13NO3/c16-12-8-4-7-11(9-12)15-13(14(17)18)10-5-2-1-3-6-10/h1-9,13,15-16H,(H,17,18). The number of hydrogen-bond acceptors (Lipinski definition) is 3. The zero-order chi connectivity index (χ0) is 13.0. The van der Waals surface area contributed by atoms with Crippen LogP contribution in [0.15, 0.2) is 54.6 Å². The molecule has 0 saturated heterocycles. The number of phenolic OH excluding ortho intramolecular Hbond substituents is 1. The average molecular weight is 243 g/mol. The smallest absolute Gasteiger partial charge is 0.330 e. The van der Waals surface area contributed by atoms with E-state index in [1.165, 1.54) is 12.1 Å². The van der Waals surface area contributed by atoms with Crippen molar-refractivity contribution < 1.29 is 15.0 Å². The number of nitrogens with one attached hydrogen (secondary N) is 1. The molecular weight excluding hydrogens is 230 g/mol. The van der Waals surface area contributed by atoms with Crippen LogP contribution in [0.3, 0.4) is 0 Å². The Kier molecular flexibility index (Phi) is 3.48. The van der Waals surface area contributed by atoms with E-state index in [0.29, 0.717) is 11.3 Å². The summed E-state index contributed by atoms with van der Waals surface area (Å²) >= 11 is 0. The van der Waals surface area contributed by atoms with Crippen LogP contribution in [0.4, 0.5) is 5.69 Å². The predicted molar refractivity (Wildman–Crippen MR) is 68.5 cm³/mol. The van der Waals surface area contributed by atoms with Crippen LogP contribution in [0.1, 0.15) is 11.6 Å². The minimum atomic E-state index is -0.968. The number of hydrogen-bond donors (Lipinski definition) is 3. The normalized spacial score (nSPS) is 11.8. The minimum Gasteiger partial charge on any atom is -0.508 e. The van der Waals surface area contributed by atoms with Gasteiger partial charge >= 0.3 is 5.97 Å². The highest BCUT2D eigenvalue weighted by atomic mass is 16.4.